The molecule has 5 aromatic rings. The Labute approximate surface area is 418 Å². The number of likely N-dealkylation sites (tertiary alicyclic amines) is 1. The van der Waals surface area contributed by atoms with Crippen LogP contribution in [0.4, 0.5) is 14.5 Å². The van der Waals surface area contributed by atoms with Gasteiger partial charge in [-0.2, -0.15) is 0 Å². The highest BCUT2D eigenvalue weighted by atomic mass is 79.9. The zero-order chi connectivity index (χ0) is 50.8. The fourth-order valence-electron chi connectivity index (χ4n) is 8.72. The monoisotopic (exact) mass is 1040 g/mol. The van der Waals surface area contributed by atoms with Gasteiger partial charge in [0.25, 0.3) is 23.3 Å². The molecule has 1 unspecified atom stereocenters. The summed E-state index contributed by atoms with van der Waals surface area (Å²) in [6, 6.07) is 14.7. The molecule has 0 spiro atoms. The average Bonchev–Trinajstić information content (AvgIpc) is 3.90. The molecule has 1 saturated heterocycles. The fraction of sp³-hybridized carbons (Fsp3) is 0.385. The van der Waals surface area contributed by atoms with Gasteiger partial charge in [0, 0.05) is 98.2 Å². The second kappa shape index (κ2) is 23.7. The van der Waals surface area contributed by atoms with Gasteiger partial charge in [-0.1, -0.05) is 42.8 Å². The SMILES string of the molecule is C=C1c2cccc(NCCCCCCNC(=O)CCCn3cc(CCCCNC(=O)c4ccc(C)c(-n5c(C)cc(OCc6ccc(F)cc6F)c(Br)c5=O)c4)nn3)c2C(=O)N1C1CCC(=O)N(C)C1=O. The summed E-state index contributed by atoms with van der Waals surface area (Å²) >= 11 is 3.32. The predicted molar refractivity (Wildman–Crippen MR) is 267 cm³/mol. The van der Waals surface area contributed by atoms with E-state index in [-0.39, 0.29) is 58.9 Å². The molecule has 2 aromatic heterocycles. The zero-order valence-electron chi connectivity index (χ0n) is 40.1. The second-order valence-electron chi connectivity index (χ2n) is 17.8. The Hall–Kier alpha value is -7.02. The average molecular weight is 1040 g/mol. The largest absolute Gasteiger partial charge is 0.487 e. The van der Waals surface area contributed by atoms with Crippen molar-refractivity contribution >= 4 is 56.9 Å². The molecular formula is C52H58BrF2N9O7. The molecule has 5 amide bonds. The molecule has 16 nitrogen and oxygen atoms in total. The van der Waals surface area contributed by atoms with Crippen LogP contribution in [0.3, 0.4) is 0 Å². The normalized spacial score (nSPS) is 14.5. The van der Waals surface area contributed by atoms with Crippen molar-refractivity contribution in [1.82, 2.24) is 40.0 Å². The number of piperidine rings is 1. The van der Waals surface area contributed by atoms with Crippen LogP contribution in [0.5, 0.6) is 5.75 Å². The number of halogens is 3. The number of aryl methyl sites for hydroxylation is 4. The third-order valence-electron chi connectivity index (χ3n) is 12.7. The molecule has 19 heteroatoms. The van der Waals surface area contributed by atoms with Crippen LogP contribution in [0.2, 0.25) is 0 Å². The first-order chi connectivity index (χ1) is 34.1. The van der Waals surface area contributed by atoms with Gasteiger partial charge in [0.15, 0.2) is 0 Å². The van der Waals surface area contributed by atoms with Gasteiger partial charge in [0.1, 0.15) is 34.5 Å². The van der Waals surface area contributed by atoms with Crippen LogP contribution >= 0.6 is 15.9 Å². The van der Waals surface area contributed by atoms with Crippen molar-refractivity contribution in [2.75, 3.05) is 32.0 Å². The van der Waals surface area contributed by atoms with E-state index in [1.807, 2.05) is 31.3 Å². The van der Waals surface area contributed by atoms with Gasteiger partial charge in [-0.05, 0) is 111 Å². The van der Waals surface area contributed by atoms with Crippen LogP contribution in [-0.2, 0) is 34.0 Å². The summed E-state index contributed by atoms with van der Waals surface area (Å²) in [6.45, 7) is 9.69. The number of nitrogens with one attached hydrogen (secondary N) is 3. The number of fused-ring (bicyclic) bond motifs is 1. The van der Waals surface area contributed by atoms with E-state index in [4.69, 9.17) is 4.74 Å². The van der Waals surface area contributed by atoms with E-state index in [0.717, 1.165) is 60.4 Å². The lowest BCUT2D eigenvalue weighted by Crippen LogP contribution is -2.52. The van der Waals surface area contributed by atoms with E-state index in [1.54, 1.807) is 35.9 Å². The highest BCUT2D eigenvalue weighted by Crippen LogP contribution is 2.39. The number of amides is 5. The molecule has 7 rings (SSSR count). The second-order valence-corrected chi connectivity index (χ2v) is 18.6. The zero-order valence-corrected chi connectivity index (χ0v) is 41.7. The van der Waals surface area contributed by atoms with E-state index < -0.39 is 29.1 Å². The number of hydrogen-bond acceptors (Lipinski definition) is 10. The van der Waals surface area contributed by atoms with Crippen LogP contribution in [-0.4, -0.2) is 91.6 Å². The maximum atomic E-state index is 14.2. The summed E-state index contributed by atoms with van der Waals surface area (Å²) in [7, 11) is 1.44. The minimum absolute atomic E-state index is 0.0147. The van der Waals surface area contributed by atoms with Crippen LogP contribution in [0.25, 0.3) is 11.4 Å². The number of imide groups is 1. The van der Waals surface area contributed by atoms with Crippen molar-refractivity contribution < 1.29 is 37.5 Å². The van der Waals surface area contributed by atoms with E-state index in [1.165, 1.54) is 22.6 Å². The summed E-state index contributed by atoms with van der Waals surface area (Å²) in [5.41, 5.74) is 5.08. The molecule has 0 aliphatic carbocycles. The summed E-state index contributed by atoms with van der Waals surface area (Å²) < 4.78 is 36.6. The first-order valence-corrected chi connectivity index (χ1v) is 24.7. The number of nitrogens with zero attached hydrogens (tertiary/aromatic N) is 6. The first kappa shape index (κ1) is 51.8. The number of unbranched alkanes of at least 4 members (excludes halogenated alkanes) is 4. The van der Waals surface area contributed by atoms with E-state index in [0.29, 0.717) is 91.3 Å². The number of rotatable bonds is 23. The van der Waals surface area contributed by atoms with E-state index >= 15 is 0 Å². The third kappa shape index (κ3) is 12.5. The molecule has 0 radical (unpaired) electrons. The number of benzene rings is 3. The van der Waals surface area contributed by atoms with Crippen molar-refractivity contribution in [1.29, 1.82) is 0 Å². The molecule has 3 aromatic carbocycles. The summed E-state index contributed by atoms with van der Waals surface area (Å²) in [6.07, 6.45) is 9.04. The predicted octanol–water partition coefficient (Wildman–Crippen LogP) is 7.56. The third-order valence-corrected chi connectivity index (χ3v) is 13.4. The number of aromatic nitrogens is 4. The topological polar surface area (TPSA) is 190 Å². The van der Waals surface area contributed by atoms with Crippen molar-refractivity contribution in [2.24, 2.45) is 0 Å². The number of pyridine rings is 1. The minimum Gasteiger partial charge on any atom is -0.487 e. The van der Waals surface area contributed by atoms with Crippen LogP contribution in [0.1, 0.15) is 113 Å². The molecular weight excluding hydrogens is 981 g/mol. The molecule has 71 heavy (non-hydrogen) atoms. The van der Waals surface area contributed by atoms with Gasteiger partial charge in [-0.15, -0.1) is 5.10 Å². The quantitative estimate of drug-likeness (QED) is 0.0435. The molecule has 1 atom stereocenters. The minimum atomic E-state index is -0.754. The van der Waals surface area contributed by atoms with Gasteiger partial charge in [0.05, 0.1) is 16.9 Å². The fourth-order valence-corrected chi connectivity index (χ4v) is 9.13. The van der Waals surface area contributed by atoms with Crippen LogP contribution in [0.15, 0.2) is 82.7 Å². The standard InChI is InChI=1S/C52H58BrF2N9O7/c1-32-17-18-35(28-43(32)63-33(2)27-44(48(53)52(63)70)71-31-36-19-20-37(54)29-40(36)55)49(67)58-25-10-7-13-38-30-62(60-59-38)26-12-16-45(65)57-24-9-6-5-8-23-56-41-15-11-14-39-34(3)64(51(69)47(39)41)42-21-22-46(66)61(4)50(42)68/h11,14-15,17-20,27-30,42,56H,3,5-10,12-13,16,21-26,31H2,1-2,4H3,(H,57,65)(H,58,67). The first-order valence-electron chi connectivity index (χ1n) is 23.9. The van der Waals surface area contributed by atoms with Gasteiger partial charge in [0.2, 0.25) is 11.8 Å². The number of ether oxygens (including phenoxy) is 1. The maximum Gasteiger partial charge on any atom is 0.273 e. The Morgan fingerprint density at radius 1 is 0.901 bits per heavy atom. The number of anilines is 1. The Kier molecular flexibility index (Phi) is 17.3. The summed E-state index contributed by atoms with van der Waals surface area (Å²) in [4.78, 5) is 80.2. The summed E-state index contributed by atoms with van der Waals surface area (Å²) in [5, 5.41) is 17.8. The molecule has 1 fully saturated rings. The lowest BCUT2D eigenvalue weighted by Gasteiger charge is -2.34. The molecule has 3 N–H and O–H groups in total. The van der Waals surface area contributed by atoms with E-state index in [9.17, 15) is 37.5 Å². The summed E-state index contributed by atoms with van der Waals surface area (Å²) in [5.74, 6) is -2.48. The number of carbonyl (C=O) groups is 5. The molecule has 0 bridgehead atoms. The molecule has 2 aliphatic rings. The molecule has 2 aliphatic heterocycles. The highest BCUT2D eigenvalue weighted by Gasteiger charge is 2.44. The number of hydrogen-bond donors (Lipinski definition) is 3. The Morgan fingerprint density at radius 3 is 2.45 bits per heavy atom. The van der Waals surface area contributed by atoms with Crippen molar-refractivity contribution in [2.45, 2.75) is 104 Å². The Bertz CT molecular complexity index is 2900. The van der Waals surface area contributed by atoms with Gasteiger partial charge >= 0.3 is 0 Å². The van der Waals surface area contributed by atoms with Gasteiger partial charge in [-0.25, -0.2) is 8.78 Å². The maximum absolute atomic E-state index is 14.2. The lowest BCUT2D eigenvalue weighted by atomic mass is 10.0. The van der Waals surface area contributed by atoms with Gasteiger partial charge in [-0.3, -0.25) is 47.8 Å². The highest BCUT2D eigenvalue weighted by molar-refractivity contribution is 9.10. The Morgan fingerprint density at radius 2 is 1.66 bits per heavy atom. The van der Waals surface area contributed by atoms with Crippen LogP contribution < -0.4 is 26.2 Å². The van der Waals surface area contributed by atoms with Crippen molar-refractivity contribution in [3.8, 4) is 11.4 Å². The smallest absolute Gasteiger partial charge is 0.273 e. The molecule has 374 valence electrons. The van der Waals surface area contributed by atoms with Crippen molar-refractivity contribution in [3.63, 3.8) is 0 Å². The van der Waals surface area contributed by atoms with Crippen LogP contribution in [0, 0.1) is 25.5 Å². The lowest BCUT2D eigenvalue weighted by molar-refractivity contribution is -0.149. The molecule has 0 saturated carbocycles. The Balaban J connectivity index is 0.748. The van der Waals surface area contributed by atoms with E-state index in [2.05, 4.69) is 48.8 Å². The van der Waals surface area contributed by atoms with Crippen molar-refractivity contribution in [3.05, 3.63) is 139 Å². The number of carbonyl (C=O) groups excluding carboxylic acids is 5. The number of likely N-dealkylation sites (N-methyl/N-ethyl adjacent to an activating group) is 1. The van der Waals surface area contributed by atoms with Gasteiger partial charge < -0.3 is 20.7 Å². The molecule has 4 heterocycles.